The quantitative estimate of drug-likeness (QED) is 0.859. The van der Waals surface area contributed by atoms with Crippen molar-refractivity contribution < 1.29 is 4.74 Å². The first-order valence-electron chi connectivity index (χ1n) is 7.62. The summed E-state index contributed by atoms with van der Waals surface area (Å²) in [5.41, 5.74) is 8.99. The first-order chi connectivity index (χ1) is 9.54. The standard InChI is InChI=1S/C17H26BrNO/c1-12(2)14-9-13(10-15(18)16(14)20-3)17(11-19)7-5-4-6-8-17/h9-10,12H,4-8,11,19H2,1-3H3. The molecule has 112 valence electrons. The van der Waals surface area contributed by atoms with Crippen molar-refractivity contribution in [3.63, 3.8) is 0 Å². The Balaban J connectivity index is 2.51. The SMILES string of the molecule is COc1c(Br)cc(C2(CN)CCCCC2)cc1C(C)C. The van der Waals surface area contributed by atoms with Gasteiger partial charge in [-0.05, 0) is 51.9 Å². The van der Waals surface area contributed by atoms with Gasteiger partial charge in [-0.15, -0.1) is 0 Å². The van der Waals surface area contributed by atoms with E-state index in [-0.39, 0.29) is 5.41 Å². The Kier molecular flexibility index (Phi) is 5.14. The van der Waals surface area contributed by atoms with Crippen molar-refractivity contribution in [2.75, 3.05) is 13.7 Å². The maximum Gasteiger partial charge on any atom is 0.136 e. The molecule has 1 fully saturated rings. The molecule has 1 aliphatic carbocycles. The molecule has 0 heterocycles. The number of nitrogens with two attached hydrogens (primary N) is 1. The fourth-order valence-corrected chi connectivity index (χ4v) is 4.04. The largest absolute Gasteiger partial charge is 0.495 e. The van der Waals surface area contributed by atoms with Gasteiger partial charge in [0.05, 0.1) is 11.6 Å². The van der Waals surface area contributed by atoms with Crippen LogP contribution in [0.15, 0.2) is 16.6 Å². The van der Waals surface area contributed by atoms with Gasteiger partial charge in [-0.3, -0.25) is 0 Å². The van der Waals surface area contributed by atoms with Crippen LogP contribution in [0.5, 0.6) is 5.75 Å². The second-order valence-electron chi connectivity index (χ2n) is 6.28. The van der Waals surface area contributed by atoms with Crippen LogP contribution in [0.4, 0.5) is 0 Å². The second-order valence-corrected chi connectivity index (χ2v) is 7.13. The topological polar surface area (TPSA) is 35.2 Å². The first-order valence-corrected chi connectivity index (χ1v) is 8.41. The van der Waals surface area contributed by atoms with Gasteiger partial charge in [-0.1, -0.05) is 39.2 Å². The van der Waals surface area contributed by atoms with Crippen LogP contribution < -0.4 is 10.5 Å². The average molecular weight is 340 g/mol. The van der Waals surface area contributed by atoms with Crippen LogP contribution in [-0.4, -0.2) is 13.7 Å². The van der Waals surface area contributed by atoms with E-state index in [1.54, 1.807) is 7.11 Å². The van der Waals surface area contributed by atoms with Crippen LogP contribution >= 0.6 is 15.9 Å². The fourth-order valence-electron chi connectivity index (χ4n) is 3.40. The molecule has 0 amide bonds. The number of methoxy groups -OCH3 is 1. The van der Waals surface area contributed by atoms with E-state index in [0.717, 1.165) is 16.8 Å². The van der Waals surface area contributed by atoms with Crippen LogP contribution in [0, 0.1) is 0 Å². The summed E-state index contributed by atoms with van der Waals surface area (Å²) in [5.74, 6) is 1.41. The molecule has 0 aromatic heterocycles. The highest BCUT2D eigenvalue weighted by molar-refractivity contribution is 9.10. The number of hydrogen-bond acceptors (Lipinski definition) is 2. The van der Waals surface area contributed by atoms with Gasteiger partial charge in [-0.25, -0.2) is 0 Å². The highest BCUT2D eigenvalue weighted by Gasteiger charge is 2.33. The molecule has 0 aliphatic heterocycles. The maximum absolute atomic E-state index is 6.17. The molecular formula is C17H26BrNO. The van der Waals surface area contributed by atoms with Crippen molar-refractivity contribution >= 4 is 15.9 Å². The van der Waals surface area contributed by atoms with Gasteiger partial charge in [0.1, 0.15) is 5.75 Å². The lowest BCUT2D eigenvalue weighted by atomic mass is 9.69. The van der Waals surface area contributed by atoms with E-state index >= 15 is 0 Å². The third kappa shape index (κ3) is 2.89. The molecule has 20 heavy (non-hydrogen) atoms. The van der Waals surface area contributed by atoms with Crippen LogP contribution in [0.3, 0.4) is 0 Å². The molecule has 1 aromatic rings. The lowest BCUT2D eigenvalue weighted by Crippen LogP contribution is -2.37. The third-order valence-electron chi connectivity index (χ3n) is 4.71. The summed E-state index contributed by atoms with van der Waals surface area (Å²) in [6.07, 6.45) is 6.34. The predicted octanol–water partition coefficient (Wildman–Crippen LogP) is 4.74. The van der Waals surface area contributed by atoms with Crippen molar-refractivity contribution in [1.29, 1.82) is 0 Å². The summed E-state index contributed by atoms with van der Waals surface area (Å²) in [5, 5.41) is 0. The highest BCUT2D eigenvalue weighted by Crippen LogP contribution is 2.43. The zero-order valence-electron chi connectivity index (χ0n) is 12.8. The molecule has 0 saturated heterocycles. The third-order valence-corrected chi connectivity index (χ3v) is 5.30. The number of benzene rings is 1. The van der Waals surface area contributed by atoms with E-state index in [2.05, 4.69) is 41.9 Å². The van der Waals surface area contributed by atoms with E-state index in [4.69, 9.17) is 10.5 Å². The average Bonchev–Trinajstić information content (AvgIpc) is 2.47. The summed E-state index contributed by atoms with van der Waals surface area (Å²) >= 11 is 3.68. The summed E-state index contributed by atoms with van der Waals surface area (Å²) in [6.45, 7) is 5.16. The maximum atomic E-state index is 6.17. The Bertz CT molecular complexity index is 464. The van der Waals surface area contributed by atoms with E-state index in [0.29, 0.717) is 5.92 Å². The Morgan fingerprint density at radius 1 is 1.25 bits per heavy atom. The minimum Gasteiger partial charge on any atom is -0.495 e. The zero-order chi connectivity index (χ0) is 14.8. The normalized spacial score (nSPS) is 18.3. The lowest BCUT2D eigenvalue weighted by molar-refractivity contribution is 0.300. The van der Waals surface area contributed by atoms with E-state index < -0.39 is 0 Å². The van der Waals surface area contributed by atoms with Crippen LogP contribution in [0.1, 0.15) is 63.0 Å². The molecule has 0 unspecified atom stereocenters. The number of rotatable bonds is 4. The molecular weight excluding hydrogens is 314 g/mol. The monoisotopic (exact) mass is 339 g/mol. The van der Waals surface area contributed by atoms with Crippen LogP contribution in [0.2, 0.25) is 0 Å². The smallest absolute Gasteiger partial charge is 0.136 e. The van der Waals surface area contributed by atoms with Gasteiger partial charge in [0.15, 0.2) is 0 Å². The van der Waals surface area contributed by atoms with Crippen molar-refractivity contribution in [2.45, 2.75) is 57.3 Å². The van der Waals surface area contributed by atoms with Gasteiger partial charge >= 0.3 is 0 Å². The molecule has 2 N–H and O–H groups in total. The Morgan fingerprint density at radius 3 is 2.40 bits per heavy atom. The molecule has 1 aliphatic rings. The number of ether oxygens (including phenoxy) is 1. The van der Waals surface area contributed by atoms with E-state index in [1.807, 2.05) is 0 Å². The van der Waals surface area contributed by atoms with Gasteiger partial charge in [0, 0.05) is 12.0 Å². The molecule has 3 heteroatoms. The molecule has 0 spiro atoms. The molecule has 0 atom stereocenters. The molecule has 0 radical (unpaired) electrons. The summed E-state index contributed by atoms with van der Waals surface area (Å²) in [4.78, 5) is 0. The molecule has 1 aromatic carbocycles. The van der Waals surface area contributed by atoms with Crippen molar-refractivity contribution in [2.24, 2.45) is 5.73 Å². The van der Waals surface area contributed by atoms with Crippen LogP contribution in [-0.2, 0) is 5.41 Å². The molecule has 2 rings (SSSR count). The minimum absolute atomic E-state index is 0.163. The predicted molar refractivity (Wildman–Crippen MR) is 88.6 cm³/mol. The summed E-state index contributed by atoms with van der Waals surface area (Å²) in [7, 11) is 1.74. The second kappa shape index (κ2) is 6.48. The Hall–Kier alpha value is -0.540. The molecule has 2 nitrogen and oxygen atoms in total. The summed E-state index contributed by atoms with van der Waals surface area (Å²) < 4.78 is 6.62. The van der Waals surface area contributed by atoms with Crippen molar-refractivity contribution in [3.05, 3.63) is 27.7 Å². The molecule has 0 bridgehead atoms. The van der Waals surface area contributed by atoms with Crippen molar-refractivity contribution in [1.82, 2.24) is 0 Å². The first kappa shape index (κ1) is 15.8. The molecule has 1 saturated carbocycles. The minimum atomic E-state index is 0.163. The summed E-state index contributed by atoms with van der Waals surface area (Å²) in [6, 6.07) is 4.55. The zero-order valence-corrected chi connectivity index (χ0v) is 14.4. The highest BCUT2D eigenvalue weighted by atomic mass is 79.9. The van der Waals surface area contributed by atoms with Gasteiger partial charge in [0.25, 0.3) is 0 Å². The van der Waals surface area contributed by atoms with Crippen molar-refractivity contribution in [3.8, 4) is 5.75 Å². The lowest BCUT2D eigenvalue weighted by Gasteiger charge is -2.37. The van der Waals surface area contributed by atoms with E-state index in [9.17, 15) is 0 Å². The van der Waals surface area contributed by atoms with E-state index in [1.165, 1.54) is 43.2 Å². The Morgan fingerprint density at radius 2 is 1.90 bits per heavy atom. The van der Waals surface area contributed by atoms with Crippen LogP contribution in [0.25, 0.3) is 0 Å². The van der Waals surface area contributed by atoms with Gasteiger partial charge in [-0.2, -0.15) is 0 Å². The van der Waals surface area contributed by atoms with Gasteiger partial charge < -0.3 is 10.5 Å². The number of halogens is 1. The fraction of sp³-hybridized carbons (Fsp3) is 0.647. The van der Waals surface area contributed by atoms with Gasteiger partial charge in [0.2, 0.25) is 0 Å². The number of hydrogen-bond donors (Lipinski definition) is 1. The Labute approximate surface area is 131 Å².